The van der Waals surface area contributed by atoms with E-state index in [1.165, 1.54) is 11.3 Å². The van der Waals surface area contributed by atoms with Gasteiger partial charge < -0.3 is 9.67 Å². The molecule has 3 rings (SSSR count). The second-order valence-electron chi connectivity index (χ2n) is 4.79. The standard InChI is InChI=1S/C14H12ClNO3S/c15-8-6-12(20-7-8)13(17)11-4-3-10-9(14(18)19)2-1-5-16(10)11/h3-4,6-7,9H,1-2,5H2,(H,18,19). The number of ketones is 1. The monoisotopic (exact) mass is 309 g/mol. The van der Waals surface area contributed by atoms with Crippen molar-refractivity contribution in [1.29, 1.82) is 0 Å². The summed E-state index contributed by atoms with van der Waals surface area (Å²) in [5.41, 5.74) is 1.26. The van der Waals surface area contributed by atoms with Crippen molar-refractivity contribution in [1.82, 2.24) is 4.57 Å². The molecule has 1 unspecified atom stereocenters. The summed E-state index contributed by atoms with van der Waals surface area (Å²) >= 11 is 7.15. The van der Waals surface area contributed by atoms with Crippen molar-refractivity contribution in [3.8, 4) is 0 Å². The molecule has 1 atom stereocenters. The Labute approximate surface area is 124 Å². The summed E-state index contributed by atoms with van der Waals surface area (Å²) in [5.74, 6) is -1.45. The van der Waals surface area contributed by atoms with Gasteiger partial charge in [-0.05, 0) is 31.0 Å². The molecule has 20 heavy (non-hydrogen) atoms. The molecule has 0 aromatic carbocycles. The molecule has 0 amide bonds. The van der Waals surface area contributed by atoms with Crippen LogP contribution < -0.4 is 0 Å². The second-order valence-corrected chi connectivity index (χ2v) is 6.13. The highest BCUT2D eigenvalue weighted by Gasteiger charge is 2.29. The highest BCUT2D eigenvalue weighted by Crippen LogP contribution is 2.31. The van der Waals surface area contributed by atoms with Gasteiger partial charge in [-0.3, -0.25) is 9.59 Å². The Morgan fingerprint density at radius 1 is 1.40 bits per heavy atom. The average Bonchev–Trinajstić information content (AvgIpc) is 3.03. The molecule has 1 N–H and O–H groups in total. The molecule has 2 aromatic heterocycles. The molecule has 0 saturated carbocycles. The number of thiophene rings is 1. The topological polar surface area (TPSA) is 59.3 Å². The van der Waals surface area contributed by atoms with Gasteiger partial charge in [0.1, 0.15) is 0 Å². The summed E-state index contributed by atoms with van der Waals surface area (Å²) in [5, 5.41) is 11.5. The van der Waals surface area contributed by atoms with Crippen LogP contribution in [0.25, 0.3) is 0 Å². The minimum absolute atomic E-state index is 0.0980. The molecule has 0 fully saturated rings. The summed E-state index contributed by atoms with van der Waals surface area (Å²) in [7, 11) is 0. The Hall–Kier alpha value is -1.59. The number of hydrogen-bond acceptors (Lipinski definition) is 3. The zero-order chi connectivity index (χ0) is 14.3. The molecule has 0 aliphatic carbocycles. The molecule has 0 saturated heterocycles. The zero-order valence-corrected chi connectivity index (χ0v) is 12.1. The van der Waals surface area contributed by atoms with E-state index in [2.05, 4.69) is 0 Å². The van der Waals surface area contributed by atoms with E-state index >= 15 is 0 Å². The predicted molar refractivity (Wildman–Crippen MR) is 76.8 cm³/mol. The van der Waals surface area contributed by atoms with E-state index in [9.17, 15) is 14.7 Å². The fourth-order valence-corrected chi connectivity index (χ4v) is 3.67. The lowest BCUT2D eigenvalue weighted by molar-refractivity contribution is -0.139. The zero-order valence-electron chi connectivity index (χ0n) is 10.5. The Balaban J connectivity index is 2.00. The molecule has 3 heterocycles. The lowest BCUT2D eigenvalue weighted by Crippen LogP contribution is -2.23. The quantitative estimate of drug-likeness (QED) is 0.884. The van der Waals surface area contributed by atoms with Crippen molar-refractivity contribution in [3.63, 3.8) is 0 Å². The van der Waals surface area contributed by atoms with Gasteiger partial charge in [0.25, 0.3) is 0 Å². The van der Waals surface area contributed by atoms with E-state index < -0.39 is 11.9 Å². The van der Waals surface area contributed by atoms with Gasteiger partial charge in [0.05, 0.1) is 21.5 Å². The van der Waals surface area contributed by atoms with Crippen LogP contribution in [0.2, 0.25) is 5.02 Å². The summed E-state index contributed by atoms with van der Waals surface area (Å²) in [6, 6.07) is 5.11. The van der Waals surface area contributed by atoms with Crippen LogP contribution in [-0.2, 0) is 11.3 Å². The molecule has 4 nitrogen and oxygen atoms in total. The van der Waals surface area contributed by atoms with E-state index in [1.54, 1.807) is 23.6 Å². The molecule has 0 bridgehead atoms. The maximum absolute atomic E-state index is 12.5. The normalized spacial score (nSPS) is 17.8. The second kappa shape index (κ2) is 5.07. The third kappa shape index (κ3) is 2.17. The van der Waals surface area contributed by atoms with Crippen LogP contribution in [0.3, 0.4) is 0 Å². The minimum Gasteiger partial charge on any atom is -0.481 e. The van der Waals surface area contributed by atoms with Gasteiger partial charge in [-0.2, -0.15) is 0 Å². The van der Waals surface area contributed by atoms with Crippen molar-refractivity contribution in [3.05, 3.63) is 44.9 Å². The Bertz CT molecular complexity index is 688. The number of hydrogen-bond donors (Lipinski definition) is 1. The van der Waals surface area contributed by atoms with Crippen molar-refractivity contribution in [2.24, 2.45) is 0 Å². The first kappa shape index (κ1) is 13.4. The largest absolute Gasteiger partial charge is 0.481 e. The van der Waals surface area contributed by atoms with Gasteiger partial charge in [0.15, 0.2) is 0 Å². The molecular weight excluding hydrogens is 298 g/mol. The van der Waals surface area contributed by atoms with Gasteiger partial charge in [0, 0.05) is 17.6 Å². The van der Waals surface area contributed by atoms with Crippen LogP contribution in [0, 0.1) is 0 Å². The molecule has 104 valence electrons. The molecule has 2 aromatic rings. The first-order valence-electron chi connectivity index (χ1n) is 6.29. The molecule has 6 heteroatoms. The highest BCUT2D eigenvalue weighted by molar-refractivity contribution is 7.12. The van der Waals surface area contributed by atoms with Gasteiger partial charge in [-0.1, -0.05) is 11.6 Å². The number of carbonyl (C=O) groups excluding carboxylic acids is 1. The third-order valence-electron chi connectivity index (χ3n) is 3.57. The SMILES string of the molecule is O=C(c1cc(Cl)cs1)c1ccc2n1CCCC2C(=O)O. The van der Waals surface area contributed by atoms with Gasteiger partial charge in [-0.25, -0.2) is 0 Å². The number of rotatable bonds is 3. The lowest BCUT2D eigenvalue weighted by atomic mass is 9.96. The molecular formula is C14H12ClNO3S. The van der Waals surface area contributed by atoms with E-state index in [4.69, 9.17) is 11.6 Å². The Morgan fingerprint density at radius 2 is 2.20 bits per heavy atom. The third-order valence-corrected chi connectivity index (χ3v) is 4.84. The maximum Gasteiger partial charge on any atom is 0.312 e. The number of carboxylic acids is 1. The van der Waals surface area contributed by atoms with Gasteiger partial charge in [-0.15, -0.1) is 11.3 Å². The number of carbonyl (C=O) groups is 2. The number of aliphatic carboxylic acids is 1. The van der Waals surface area contributed by atoms with Crippen LogP contribution >= 0.6 is 22.9 Å². The number of nitrogens with zero attached hydrogens (tertiary/aromatic N) is 1. The number of aromatic nitrogens is 1. The highest BCUT2D eigenvalue weighted by atomic mass is 35.5. The maximum atomic E-state index is 12.5. The average molecular weight is 310 g/mol. The molecule has 1 aliphatic heterocycles. The number of fused-ring (bicyclic) bond motifs is 1. The van der Waals surface area contributed by atoms with E-state index in [0.717, 1.165) is 12.1 Å². The van der Waals surface area contributed by atoms with Crippen LogP contribution in [0.5, 0.6) is 0 Å². The van der Waals surface area contributed by atoms with Crippen molar-refractivity contribution < 1.29 is 14.7 Å². The van der Waals surface area contributed by atoms with Crippen molar-refractivity contribution >= 4 is 34.7 Å². The van der Waals surface area contributed by atoms with Crippen LogP contribution in [0.15, 0.2) is 23.6 Å². The fourth-order valence-electron chi connectivity index (χ4n) is 2.65. The van der Waals surface area contributed by atoms with Gasteiger partial charge in [0.2, 0.25) is 5.78 Å². The summed E-state index contributed by atoms with van der Waals surface area (Å²) in [6.07, 6.45) is 1.39. The predicted octanol–water partition coefficient (Wildman–Crippen LogP) is 3.40. The first-order chi connectivity index (χ1) is 9.58. The fraction of sp³-hybridized carbons (Fsp3) is 0.286. The van der Waals surface area contributed by atoms with Gasteiger partial charge >= 0.3 is 5.97 Å². The number of halogens is 1. The summed E-state index contributed by atoms with van der Waals surface area (Å²) in [6.45, 7) is 0.687. The van der Waals surface area contributed by atoms with Crippen molar-refractivity contribution in [2.75, 3.05) is 0 Å². The first-order valence-corrected chi connectivity index (χ1v) is 7.54. The Morgan fingerprint density at radius 3 is 2.85 bits per heavy atom. The van der Waals surface area contributed by atoms with Crippen LogP contribution in [0.4, 0.5) is 0 Å². The van der Waals surface area contributed by atoms with Crippen LogP contribution in [-0.4, -0.2) is 21.4 Å². The molecule has 1 aliphatic rings. The number of carboxylic acid groups (broad SMARTS) is 1. The summed E-state index contributed by atoms with van der Waals surface area (Å²) < 4.78 is 1.83. The summed E-state index contributed by atoms with van der Waals surface area (Å²) in [4.78, 5) is 24.3. The Kier molecular flexibility index (Phi) is 3.40. The van der Waals surface area contributed by atoms with Crippen LogP contribution in [0.1, 0.15) is 39.8 Å². The lowest BCUT2D eigenvalue weighted by Gasteiger charge is -2.23. The minimum atomic E-state index is -0.831. The van der Waals surface area contributed by atoms with E-state index in [0.29, 0.717) is 28.6 Å². The van der Waals surface area contributed by atoms with E-state index in [-0.39, 0.29) is 5.78 Å². The smallest absolute Gasteiger partial charge is 0.312 e. The van der Waals surface area contributed by atoms with E-state index in [1.807, 2.05) is 4.57 Å². The molecule has 0 spiro atoms. The van der Waals surface area contributed by atoms with Crippen molar-refractivity contribution in [2.45, 2.75) is 25.3 Å². The molecule has 0 radical (unpaired) electrons.